The fourth-order valence-electron chi connectivity index (χ4n) is 5.20. The first-order chi connectivity index (χ1) is 16.4. The predicted molar refractivity (Wildman–Crippen MR) is 122 cm³/mol. The van der Waals surface area contributed by atoms with Gasteiger partial charge >= 0.3 is 0 Å². The molecule has 0 spiro atoms. The number of hydrogen-bond acceptors (Lipinski definition) is 4. The summed E-state index contributed by atoms with van der Waals surface area (Å²) in [5, 5.41) is 5.95. The van der Waals surface area contributed by atoms with E-state index in [1.165, 1.54) is 24.9 Å². The van der Waals surface area contributed by atoms with Crippen LogP contribution in [0.2, 0.25) is 0 Å². The number of rotatable bonds is 6. The molecule has 34 heavy (non-hydrogen) atoms. The van der Waals surface area contributed by atoms with Crippen LogP contribution < -0.4 is 10.6 Å². The lowest BCUT2D eigenvalue weighted by atomic mass is 9.93. The van der Waals surface area contributed by atoms with Crippen molar-refractivity contribution in [1.82, 2.24) is 25.1 Å². The Morgan fingerprint density at radius 1 is 1.12 bits per heavy atom. The van der Waals surface area contributed by atoms with Crippen LogP contribution in [0.5, 0.6) is 0 Å². The van der Waals surface area contributed by atoms with Crippen LogP contribution in [0.3, 0.4) is 0 Å². The Kier molecular flexibility index (Phi) is 5.87. The molecule has 1 atom stereocenters. The first kappa shape index (κ1) is 22.6. The van der Waals surface area contributed by atoms with Gasteiger partial charge in [0.05, 0.1) is 12.9 Å². The highest BCUT2D eigenvalue weighted by Gasteiger charge is 2.53. The van der Waals surface area contributed by atoms with E-state index in [0.717, 1.165) is 44.1 Å². The van der Waals surface area contributed by atoms with Gasteiger partial charge in [-0.25, -0.2) is 9.37 Å². The number of nitrogens with one attached hydrogen (secondary N) is 2. The Balaban J connectivity index is 1.37. The first-order valence-electron chi connectivity index (χ1n) is 12.1. The van der Waals surface area contributed by atoms with Crippen molar-refractivity contribution in [3.05, 3.63) is 53.4 Å². The molecule has 0 unspecified atom stereocenters. The van der Waals surface area contributed by atoms with E-state index < -0.39 is 5.54 Å². The molecule has 0 saturated heterocycles. The van der Waals surface area contributed by atoms with Crippen LogP contribution in [0, 0.1) is 5.82 Å². The molecule has 8 nitrogen and oxygen atoms in total. The molecule has 0 radical (unpaired) electrons. The average Bonchev–Trinajstić information content (AvgIpc) is 3.56. The number of carbonyl (C=O) groups is 3. The van der Waals surface area contributed by atoms with E-state index in [4.69, 9.17) is 0 Å². The fraction of sp³-hybridized carbons (Fsp3) is 0.520. The molecule has 1 aliphatic heterocycles. The number of amides is 3. The Morgan fingerprint density at radius 2 is 1.82 bits per heavy atom. The number of aromatic nitrogens is 2. The zero-order chi connectivity index (χ0) is 23.9. The summed E-state index contributed by atoms with van der Waals surface area (Å²) >= 11 is 0. The second kappa shape index (κ2) is 8.85. The van der Waals surface area contributed by atoms with Crippen LogP contribution in [0.25, 0.3) is 0 Å². The van der Waals surface area contributed by atoms with E-state index in [-0.39, 0.29) is 60.1 Å². The van der Waals surface area contributed by atoms with Gasteiger partial charge in [0.1, 0.15) is 17.1 Å². The lowest BCUT2D eigenvalue weighted by Gasteiger charge is -2.44. The quantitative estimate of drug-likeness (QED) is 0.683. The molecule has 2 saturated carbocycles. The standard InChI is InChI=1S/C25H30FN5O3/c1-25(24(34)27-13-16-7-9-17(26)10-8-16)14-30-15-28-20(21(30)23(33)31(25)19-11-12-19)22(32)29-18-5-3-2-4-6-18/h7-10,15,18-19H,2-6,11-14H2,1H3,(H,27,34)(H,29,32)/t25-/m1/s1. The smallest absolute Gasteiger partial charge is 0.274 e. The van der Waals surface area contributed by atoms with Crippen molar-refractivity contribution in [2.45, 2.75) is 82.6 Å². The first-order valence-corrected chi connectivity index (χ1v) is 12.1. The summed E-state index contributed by atoms with van der Waals surface area (Å²) in [4.78, 5) is 46.0. The van der Waals surface area contributed by atoms with Gasteiger partial charge in [-0.3, -0.25) is 14.4 Å². The Hall–Kier alpha value is -3.23. The van der Waals surface area contributed by atoms with Gasteiger partial charge in [0.15, 0.2) is 5.69 Å². The summed E-state index contributed by atoms with van der Waals surface area (Å²) in [6.07, 6.45) is 8.38. The van der Waals surface area contributed by atoms with Gasteiger partial charge in [-0.15, -0.1) is 0 Å². The van der Waals surface area contributed by atoms with E-state index in [9.17, 15) is 18.8 Å². The fourth-order valence-corrected chi connectivity index (χ4v) is 5.20. The maximum atomic E-state index is 13.7. The average molecular weight is 468 g/mol. The van der Waals surface area contributed by atoms with Crippen molar-refractivity contribution in [3.63, 3.8) is 0 Å². The van der Waals surface area contributed by atoms with E-state index in [1.54, 1.807) is 28.5 Å². The van der Waals surface area contributed by atoms with Crippen LogP contribution in [-0.2, 0) is 17.9 Å². The van der Waals surface area contributed by atoms with Crippen LogP contribution in [0.4, 0.5) is 4.39 Å². The Morgan fingerprint density at radius 3 is 2.50 bits per heavy atom. The van der Waals surface area contributed by atoms with Gasteiger partial charge in [0.25, 0.3) is 11.8 Å². The number of hydrogen-bond donors (Lipinski definition) is 2. The maximum Gasteiger partial charge on any atom is 0.274 e. The summed E-state index contributed by atoms with van der Waals surface area (Å²) < 4.78 is 14.8. The SMILES string of the molecule is C[C@]1(C(=O)NCc2ccc(F)cc2)Cn2cnc(C(=O)NC3CCCCC3)c2C(=O)N1C1CC1. The molecule has 9 heteroatoms. The molecule has 2 heterocycles. The summed E-state index contributed by atoms with van der Waals surface area (Å²) in [7, 11) is 0. The highest BCUT2D eigenvalue weighted by atomic mass is 19.1. The number of nitrogens with zero attached hydrogens (tertiary/aromatic N) is 3. The molecule has 2 aliphatic carbocycles. The van der Waals surface area contributed by atoms with E-state index in [0.29, 0.717) is 0 Å². The maximum absolute atomic E-state index is 13.7. The van der Waals surface area contributed by atoms with Gasteiger partial charge in [0, 0.05) is 18.6 Å². The highest BCUT2D eigenvalue weighted by Crippen LogP contribution is 2.39. The van der Waals surface area contributed by atoms with Crippen LogP contribution >= 0.6 is 0 Å². The molecule has 1 aromatic heterocycles. The van der Waals surface area contributed by atoms with Gasteiger partial charge in [0.2, 0.25) is 5.91 Å². The normalized spacial score (nSPS) is 22.9. The molecular weight excluding hydrogens is 437 g/mol. The van der Waals surface area contributed by atoms with Crippen molar-refractivity contribution in [2.24, 2.45) is 0 Å². The summed E-state index contributed by atoms with van der Waals surface area (Å²) in [5.41, 5.74) is 0.0331. The van der Waals surface area contributed by atoms with Crippen LogP contribution in [0.1, 0.15) is 78.4 Å². The predicted octanol–water partition coefficient (Wildman–Crippen LogP) is 2.78. The number of carbonyl (C=O) groups excluding carboxylic acids is 3. The van der Waals surface area contributed by atoms with Gasteiger partial charge in [-0.05, 0) is 50.3 Å². The van der Waals surface area contributed by atoms with Crippen molar-refractivity contribution >= 4 is 17.7 Å². The molecule has 180 valence electrons. The number of benzene rings is 1. The van der Waals surface area contributed by atoms with E-state index in [1.807, 2.05) is 0 Å². The summed E-state index contributed by atoms with van der Waals surface area (Å²) in [6, 6.07) is 6.01. The highest BCUT2D eigenvalue weighted by molar-refractivity contribution is 6.07. The lowest BCUT2D eigenvalue weighted by Crippen LogP contribution is -2.64. The molecule has 2 fully saturated rings. The molecule has 5 rings (SSSR count). The van der Waals surface area contributed by atoms with Gasteiger partial charge in [-0.1, -0.05) is 31.4 Å². The van der Waals surface area contributed by atoms with Gasteiger partial charge in [-0.2, -0.15) is 0 Å². The molecule has 0 bridgehead atoms. The third kappa shape index (κ3) is 4.19. The zero-order valence-electron chi connectivity index (χ0n) is 19.3. The number of halogens is 1. The minimum atomic E-state index is -1.12. The van der Waals surface area contributed by atoms with Crippen LogP contribution in [0.15, 0.2) is 30.6 Å². The minimum Gasteiger partial charge on any atom is -0.350 e. The van der Waals surface area contributed by atoms with Crippen molar-refractivity contribution in [1.29, 1.82) is 0 Å². The Bertz CT molecular complexity index is 1100. The molecular formula is C25H30FN5O3. The third-order valence-corrected chi connectivity index (χ3v) is 7.19. The molecule has 3 amide bonds. The molecule has 3 aliphatic rings. The summed E-state index contributed by atoms with van der Waals surface area (Å²) in [6.45, 7) is 2.20. The minimum absolute atomic E-state index is 0.0352. The second-order valence-corrected chi connectivity index (χ2v) is 9.87. The molecule has 2 N–H and O–H groups in total. The second-order valence-electron chi connectivity index (χ2n) is 9.87. The van der Waals surface area contributed by atoms with Crippen molar-refractivity contribution in [2.75, 3.05) is 0 Å². The number of imidazole rings is 1. The molecule has 1 aromatic carbocycles. The Labute approximate surface area is 197 Å². The number of fused-ring (bicyclic) bond motifs is 1. The van der Waals surface area contributed by atoms with E-state index in [2.05, 4.69) is 15.6 Å². The monoisotopic (exact) mass is 467 g/mol. The summed E-state index contributed by atoms with van der Waals surface area (Å²) in [5.74, 6) is -1.28. The topological polar surface area (TPSA) is 96.3 Å². The zero-order valence-corrected chi connectivity index (χ0v) is 19.3. The largest absolute Gasteiger partial charge is 0.350 e. The van der Waals surface area contributed by atoms with Crippen molar-refractivity contribution in [3.8, 4) is 0 Å². The lowest BCUT2D eigenvalue weighted by molar-refractivity contribution is -0.133. The van der Waals surface area contributed by atoms with Crippen LogP contribution in [-0.4, -0.2) is 49.8 Å². The van der Waals surface area contributed by atoms with Gasteiger partial charge < -0.3 is 20.1 Å². The van der Waals surface area contributed by atoms with E-state index >= 15 is 0 Å². The third-order valence-electron chi connectivity index (χ3n) is 7.19. The van der Waals surface area contributed by atoms with Crippen molar-refractivity contribution < 1.29 is 18.8 Å². The molecule has 2 aromatic rings.